The Morgan fingerprint density at radius 1 is 0.816 bits per heavy atom. The first kappa shape index (κ1) is 31.0. The van der Waals surface area contributed by atoms with Gasteiger partial charge in [0.2, 0.25) is 5.79 Å². The van der Waals surface area contributed by atoms with Gasteiger partial charge in [-0.15, -0.1) is 0 Å². The van der Waals surface area contributed by atoms with Crippen LogP contribution in [-0.2, 0) is 49.3 Å². The number of rotatable bonds is 13. The van der Waals surface area contributed by atoms with Crippen LogP contribution in [0.25, 0.3) is 0 Å². The summed E-state index contributed by atoms with van der Waals surface area (Å²) in [4.78, 5) is 47.1. The normalized spacial score (nSPS) is 24.7. The van der Waals surface area contributed by atoms with Gasteiger partial charge >= 0.3 is 23.9 Å². The van der Waals surface area contributed by atoms with Gasteiger partial charge in [0.15, 0.2) is 18.3 Å². The highest BCUT2D eigenvalue weighted by molar-refractivity contribution is 5.68. The molecule has 1 aromatic rings. The van der Waals surface area contributed by atoms with E-state index in [9.17, 15) is 24.3 Å². The standard InChI is InChI=1S/C27H38O11/c1-17(28)34-16-23-24(35-18(2)29)25(36-19(3)30)26(37-20(4)31)27(32,38-23)15-9-7-6-8-10-21-11-13-22(33-5)14-12-21/h11-14,23-26,32H,6-10,15-16H2,1-5H3/t23-,24-,25+,26-,27-/m1/s1. The second-order valence-corrected chi connectivity index (χ2v) is 9.24. The van der Waals surface area contributed by atoms with Gasteiger partial charge in [0.1, 0.15) is 18.5 Å². The largest absolute Gasteiger partial charge is 0.497 e. The Balaban J connectivity index is 2.13. The van der Waals surface area contributed by atoms with Crippen LogP contribution in [0.4, 0.5) is 0 Å². The van der Waals surface area contributed by atoms with E-state index < -0.39 is 54.1 Å². The SMILES string of the molecule is COc1ccc(CCCCCC[C@@]2(O)O[C@H](COC(C)=O)[C@@H](OC(C)=O)[C@H](OC(C)=O)[C@H]2OC(C)=O)cc1. The molecule has 0 radical (unpaired) electrons. The van der Waals surface area contributed by atoms with E-state index in [1.807, 2.05) is 24.3 Å². The number of unbranched alkanes of at least 4 members (excludes halogenated alkanes) is 3. The predicted molar refractivity (Wildman–Crippen MR) is 133 cm³/mol. The van der Waals surface area contributed by atoms with E-state index in [0.717, 1.165) is 52.2 Å². The summed E-state index contributed by atoms with van der Waals surface area (Å²) in [7, 11) is 1.62. The highest BCUT2D eigenvalue weighted by Crippen LogP contribution is 2.37. The number of esters is 4. The zero-order valence-electron chi connectivity index (χ0n) is 22.6. The van der Waals surface area contributed by atoms with Gasteiger partial charge in [-0.25, -0.2) is 0 Å². The number of carbonyl (C=O) groups is 4. The monoisotopic (exact) mass is 538 g/mol. The summed E-state index contributed by atoms with van der Waals surface area (Å²) in [6.45, 7) is 4.21. The molecule has 0 saturated carbocycles. The van der Waals surface area contributed by atoms with Gasteiger partial charge in [0.05, 0.1) is 7.11 Å². The zero-order chi connectivity index (χ0) is 28.3. The van der Waals surface area contributed by atoms with Crippen LogP contribution in [0.3, 0.4) is 0 Å². The number of carbonyl (C=O) groups excluding carboxylic acids is 4. The summed E-state index contributed by atoms with van der Waals surface area (Å²) in [5.41, 5.74) is 1.18. The number of hydrogen-bond acceptors (Lipinski definition) is 11. The van der Waals surface area contributed by atoms with Crippen LogP contribution in [0.15, 0.2) is 24.3 Å². The lowest BCUT2D eigenvalue weighted by Crippen LogP contribution is -2.68. The summed E-state index contributed by atoms with van der Waals surface area (Å²) in [6.07, 6.45) is -1.46. The van der Waals surface area contributed by atoms with E-state index >= 15 is 0 Å². The zero-order valence-corrected chi connectivity index (χ0v) is 22.6. The smallest absolute Gasteiger partial charge is 0.303 e. The number of hydrogen-bond donors (Lipinski definition) is 1. The maximum atomic E-state index is 11.9. The summed E-state index contributed by atoms with van der Waals surface area (Å²) in [6, 6.07) is 7.85. The molecule has 1 aliphatic heterocycles. The van der Waals surface area contributed by atoms with Gasteiger partial charge in [-0.2, -0.15) is 0 Å². The quantitative estimate of drug-likeness (QED) is 0.225. The molecule has 2 rings (SSSR count). The van der Waals surface area contributed by atoms with Crippen LogP contribution in [0.1, 0.15) is 65.4 Å². The summed E-state index contributed by atoms with van der Waals surface area (Å²) < 4.78 is 32.2. The Hall–Kier alpha value is -3.18. The fourth-order valence-corrected chi connectivity index (χ4v) is 4.41. The van der Waals surface area contributed by atoms with Crippen molar-refractivity contribution in [1.82, 2.24) is 0 Å². The Morgan fingerprint density at radius 2 is 1.39 bits per heavy atom. The van der Waals surface area contributed by atoms with Crippen molar-refractivity contribution in [1.29, 1.82) is 0 Å². The van der Waals surface area contributed by atoms with Crippen molar-refractivity contribution in [2.45, 2.75) is 96.4 Å². The number of aryl methyl sites for hydroxylation is 1. The van der Waals surface area contributed by atoms with E-state index in [0.29, 0.717) is 6.42 Å². The maximum absolute atomic E-state index is 11.9. The highest BCUT2D eigenvalue weighted by Gasteiger charge is 2.59. The molecule has 11 nitrogen and oxygen atoms in total. The third-order valence-electron chi connectivity index (χ3n) is 6.05. The molecule has 0 amide bonds. The minimum Gasteiger partial charge on any atom is -0.497 e. The summed E-state index contributed by atoms with van der Waals surface area (Å²) in [5, 5.41) is 11.6. The molecule has 0 aliphatic carbocycles. The average Bonchev–Trinajstić information content (AvgIpc) is 2.84. The number of ether oxygens (including phenoxy) is 6. The van der Waals surface area contributed by atoms with E-state index in [1.54, 1.807) is 7.11 Å². The fraction of sp³-hybridized carbons (Fsp3) is 0.630. The van der Waals surface area contributed by atoms with Crippen LogP contribution in [-0.4, -0.2) is 72.9 Å². The Kier molecular flexibility index (Phi) is 12.0. The average molecular weight is 539 g/mol. The molecule has 1 heterocycles. The molecule has 212 valence electrons. The van der Waals surface area contributed by atoms with Gasteiger partial charge in [-0.3, -0.25) is 19.2 Å². The lowest BCUT2D eigenvalue weighted by Gasteiger charge is -2.48. The van der Waals surface area contributed by atoms with Crippen molar-refractivity contribution < 1.29 is 52.7 Å². The van der Waals surface area contributed by atoms with E-state index in [2.05, 4.69) is 0 Å². The van der Waals surface area contributed by atoms with Crippen LogP contribution < -0.4 is 4.74 Å². The van der Waals surface area contributed by atoms with Crippen molar-refractivity contribution in [3.05, 3.63) is 29.8 Å². The molecule has 0 aromatic heterocycles. The van der Waals surface area contributed by atoms with Crippen molar-refractivity contribution in [2.75, 3.05) is 13.7 Å². The predicted octanol–water partition coefficient (Wildman–Crippen LogP) is 2.63. The second kappa shape index (κ2) is 14.7. The number of methoxy groups -OCH3 is 1. The molecule has 0 bridgehead atoms. The molecule has 38 heavy (non-hydrogen) atoms. The lowest BCUT2D eigenvalue weighted by molar-refractivity contribution is -0.354. The van der Waals surface area contributed by atoms with E-state index in [1.165, 1.54) is 12.5 Å². The Bertz CT molecular complexity index is 945. The first-order valence-electron chi connectivity index (χ1n) is 12.6. The Labute approximate surface area is 222 Å². The van der Waals surface area contributed by atoms with Crippen LogP contribution in [0, 0.1) is 0 Å². The first-order chi connectivity index (χ1) is 17.9. The molecule has 5 atom stereocenters. The molecule has 1 aromatic carbocycles. The fourth-order valence-electron chi connectivity index (χ4n) is 4.41. The molecule has 0 spiro atoms. The lowest BCUT2D eigenvalue weighted by atomic mass is 9.88. The molecular weight excluding hydrogens is 500 g/mol. The summed E-state index contributed by atoms with van der Waals surface area (Å²) >= 11 is 0. The summed E-state index contributed by atoms with van der Waals surface area (Å²) in [5.74, 6) is -4.16. The van der Waals surface area contributed by atoms with Crippen molar-refractivity contribution in [2.24, 2.45) is 0 Å². The van der Waals surface area contributed by atoms with Gasteiger partial charge < -0.3 is 33.5 Å². The molecule has 1 saturated heterocycles. The van der Waals surface area contributed by atoms with Crippen LogP contribution in [0.5, 0.6) is 5.75 Å². The topological polar surface area (TPSA) is 144 Å². The molecule has 11 heteroatoms. The number of benzene rings is 1. The minimum atomic E-state index is -2.09. The maximum Gasteiger partial charge on any atom is 0.303 e. The highest BCUT2D eigenvalue weighted by atomic mass is 16.7. The number of aliphatic hydroxyl groups is 1. The van der Waals surface area contributed by atoms with Crippen molar-refractivity contribution >= 4 is 23.9 Å². The van der Waals surface area contributed by atoms with Crippen LogP contribution >= 0.6 is 0 Å². The molecule has 1 aliphatic rings. The van der Waals surface area contributed by atoms with Crippen molar-refractivity contribution in [3.63, 3.8) is 0 Å². The van der Waals surface area contributed by atoms with E-state index in [4.69, 9.17) is 28.4 Å². The molecule has 1 fully saturated rings. The second-order valence-electron chi connectivity index (χ2n) is 9.24. The van der Waals surface area contributed by atoms with Crippen molar-refractivity contribution in [3.8, 4) is 5.75 Å². The first-order valence-corrected chi connectivity index (χ1v) is 12.6. The minimum absolute atomic E-state index is 0.0224. The van der Waals surface area contributed by atoms with Crippen LogP contribution in [0.2, 0.25) is 0 Å². The van der Waals surface area contributed by atoms with Gasteiger partial charge in [-0.1, -0.05) is 25.0 Å². The van der Waals surface area contributed by atoms with Gasteiger partial charge in [0, 0.05) is 34.1 Å². The van der Waals surface area contributed by atoms with Gasteiger partial charge in [0.25, 0.3) is 0 Å². The van der Waals surface area contributed by atoms with Gasteiger partial charge in [-0.05, 0) is 37.0 Å². The molecule has 1 N–H and O–H groups in total. The molecule has 0 unspecified atom stereocenters. The third-order valence-corrected chi connectivity index (χ3v) is 6.05. The van der Waals surface area contributed by atoms with E-state index in [-0.39, 0.29) is 13.0 Å². The Morgan fingerprint density at radius 3 is 1.95 bits per heavy atom. The molecular formula is C27H38O11. The third kappa shape index (κ3) is 9.60.